The molecule has 2 aromatic rings. The summed E-state index contributed by atoms with van der Waals surface area (Å²) in [4.78, 5) is 14.3. The van der Waals surface area contributed by atoms with Crippen LogP contribution >= 0.6 is 0 Å². The van der Waals surface area contributed by atoms with Gasteiger partial charge in [0.1, 0.15) is 0 Å². The van der Waals surface area contributed by atoms with Crippen LogP contribution in [0.15, 0.2) is 48.5 Å². The zero-order valence-electron chi connectivity index (χ0n) is 12.9. The predicted molar refractivity (Wildman–Crippen MR) is 85.6 cm³/mol. The van der Waals surface area contributed by atoms with Crippen molar-refractivity contribution in [1.82, 2.24) is 4.90 Å². The number of phenolic OH excluding ortho intramolecular Hbond substituents is 2. The minimum Gasteiger partial charge on any atom is -0.504 e. The van der Waals surface area contributed by atoms with E-state index < -0.39 is 0 Å². The van der Waals surface area contributed by atoms with Gasteiger partial charge >= 0.3 is 0 Å². The number of nitrogens with zero attached hydrogens (tertiary/aromatic N) is 1. The summed E-state index contributed by atoms with van der Waals surface area (Å²) in [6, 6.07) is 14.4. The van der Waals surface area contributed by atoms with Gasteiger partial charge in [-0.3, -0.25) is 4.79 Å². The summed E-state index contributed by atoms with van der Waals surface area (Å²) in [6.45, 7) is 4.52. The fourth-order valence-electron chi connectivity index (χ4n) is 2.29. The van der Waals surface area contributed by atoms with Gasteiger partial charge in [0.2, 0.25) is 5.91 Å². The van der Waals surface area contributed by atoms with E-state index in [-0.39, 0.29) is 29.9 Å². The molecule has 2 aromatic carbocycles. The second-order valence-corrected chi connectivity index (χ2v) is 5.60. The Morgan fingerprint density at radius 3 is 2.27 bits per heavy atom. The van der Waals surface area contributed by atoms with Crippen LogP contribution < -0.4 is 0 Å². The largest absolute Gasteiger partial charge is 0.504 e. The first-order valence-electron chi connectivity index (χ1n) is 7.31. The highest BCUT2D eigenvalue weighted by Gasteiger charge is 2.18. The normalized spacial score (nSPS) is 10.7. The summed E-state index contributed by atoms with van der Waals surface area (Å²) in [5.41, 5.74) is 1.76. The Hall–Kier alpha value is -2.49. The van der Waals surface area contributed by atoms with Crippen LogP contribution in [0.2, 0.25) is 0 Å². The number of carbonyl (C=O) groups is 1. The lowest BCUT2D eigenvalue weighted by molar-refractivity contribution is -0.132. The molecule has 0 aliphatic heterocycles. The summed E-state index contributed by atoms with van der Waals surface area (Å²) in [7, 11) is 0. The molecular weight excluding hydrogens is 278 g/mol. The van der Waals surface area contributed by atoms with Crippen molar-refractivity contribution < 1.29 is 15.0 Å². The third-order valence-corrected chi connectivity index (χ3v) is 3.53. The molecule has 2 N–H and O–H groups in total. The Morgan fingerprint density at radius 1 is 1.00 bits per heavy atom. The van der Waals surface area contributed by atoms with Crippen molar-refractivity contribution >= 4 is 5.91 Å². The van der Waals surface area contributed by atoms with Gasteiger partial charge in [0, 0.05) is 12.6 Å². The maximum atomic E-state index is 12.5. The Kier molecular flexibility index (Phi) is 5.04. The highest BCUT2D eigenvalue weighted by molar-refractivity contribution is 5.79. The van der Waals surface area contributed by atoms with E-state index >= 15 is 0 Å². The summed E-state index contributed by atoms with van der Waals surface area (Å²) in [6.07, 6.45) is 0.193. The molecule has 0 aliphatic carbocycles. The molecule has 0 aromatic heterocycles. The van der Waals surface area contributed by atoms with E-state index in [0.29, 0.717) is 12.1 Å². The number of hydrogen-bond donors (Lipinski definition) is 2. The van der Waals surface area contributed by atoms with Crippen LogP contribution in [0, 0.1) is 0 Å². The van der Waals surface area contributed by atoms with Gasteiger partial charge in [-0.25, -0.2) is 0 Å². The second kappa shape index (κ2) is 6.98. The van der Waals surface area contributed by atoms with Gasteiger partial charge < -0.3 is 15.1 Å². The third-order valence-electron chi connectivity index (χ3n) is 3.53. The third kappa shape index (κ3) is 4.01. The average Bonchev–Trinajstić information content (AvgIpc) is 2.49. The van der Waals surface area contributed by atoms with Crippen molar-refractivity contribution in [2.24, 2.45) is 0 Å². The number of benzene rings is 2. The van der Waals surface area contributed by atoms with Gasteiger partial charge in [-0.2, -0.15) is 0 Å². The van der Waals surface area contributed by atoms with Crippen LogP contribution in [0.5, 0.6) is 11.5 Å². The lowest BCUT2D eigenvalue weighted by Crippen LogP contribution is -2.37. The van der Waals surface area contributed by atoms with E-state index in [1.54, 1.807) is 11.0 Å². The Morgan fingerprint density at radius 2 is 1.68 bits per heavy atom. The number of aromatic hydroxyl groups is 2. The van der Waals surface area contributed by atoms with E-state index in [0.717, 1.165) is 5.56 Å². The molecule has 2 rings (SSSR count). The fraction of sp³-hybridized carbons (Fsp3) is 0.278. The fourth-order valence-corrected chi connectivity index (χ4v) is 2.29. The number of phenols is 2. The molecule has 4 nitrogen and oxygen atoms in total. The van der Waals surface area contributed by atoms with Gasteiger partial charge in [-0.05, 0) is 37.1 Å². The van der Waals surface area contributed by atoms with E-state index in [2.05, 4.69) is 0 Å². The molecule has 1 amide bonds. The van der Waals surface area contributed by atoms with Gasteiger partial charge in [0.25, 0.3) is 0 Å². The Balaban J connectivity index is 2.11. The molecule has 0 atom stereocenters. The number of amides is 1. The molecule has 0 heterocycles. The van der Waals surface area contributed by atoms with Crippen molar-refractivity contribution in [3.05, 3.63) is 59.7 Å². The highest BCUT2D eigenvalue weighted by Crippen LogP contribution is 2.25. The van der Waals surface area contributed by atoms with Crippen molar-refractivity contribution in [1.29, 1.82) is 0 Å². The molecule has 0 bridgehead atoms. The molecule has 116 valence electrons. The molecule has 0 aliphatic rings. The van der Waals surface area contributed by atoms with Crippen molar-refractivity contribution in [2.45, 2.75) is 32.9 Å². The van der Waals surface area contributed by atoms with Crippen molar-refractivity contribution in [3.8, 4) is 11.5 Å². The molecule has 0 saturated carbocycles. The molecule has 22 heavy (non-hydrogen) atoms. The lowest BCUT2D eigenvalue weighted by Gasteiger charge is -2.27. The Bertz CT molecular complexity index is 638. The lowest BCUT2D eigenvalue weighted by atomic mass is 10.1. The zero-order chi connectivity index (χ0) is 16.1. The maximum Gasteiger partial charge on any atom is 0.227 e. The molecular formula is C18H21NO3. The van der Waals surface area contributed by atoms with Gasteiger partial charge in [-0.15, -0.1) is 0 Å². The molecule has 0 saturated heterocycles. The van der Waals surface area contributed by atoms with Crippen LogP contribution in [0.1, 0.15) is 25.0 Å². The topological polar surface area (TPSA) is 60.8 Å². The number of rotatable bonds is 5. The van der Waals surface area contributed by atoms with Gasteiger partial charge in [0.05, 0.1) is 6.42 Å². The highest BCUT2D eigenvalue weighted by atomic mass is 16.3. The van der Waals surface area contributed by atoms with Gasteiger partial charge in [-0.1, -0.05) is 36.4 Å². The average molecular weight is 299 g/mol. The SMILES string of the molecule is CC(C)N(Cc1ccccc1)C(=O)Cc1ccc(O)c(O)c1. The van der Waals surface area contributed by atoms with Crippen molar-refractivity contribution in [2.75, 3.05) is 0 Å². The van der Waals surface area contributed by atoms with Crippen LogP contribution in [0.25, 0.3) is 0 Å². The monoisotopic (exact) mass is 299 g/mol. The van der Waals surface area contributed by atoms with Crippen molar-refractivity contribution in [3.63, 3.8) is 0 Å². The minimum atomic E-state index is -0.204. The second-order valence-electron chi connectivity index (χ2n) is 5.60. The quantitative estimate of drug-likeness (QED) is 0.834. The molecule has 0 spiro atoms. The summed E-state index contributed by atoms with van der Waals surface area (Å²) in [5, 5.41) is 18.8. The summed E-state index contributed by atoms with van der Waals surface area (Å²) < 4.78 is 0. The van der Waals surface area contributed by atoms with Crippen LogP contribution in [0.3, 0.4) is 0 Å². The maximum absolute atomic E-state index is 12.5. The smallest absolute Gasteiger partial charge is 0.227 e. The molecule has 0 fully saturated rings. The van der Waals surface area contributed by atoms with E-state index in [1.165, 1.54) is 12.1 Å². The molecule has 0 radical (unpaired) electrons. The predicted octanol–water partition coefficient (Wildman–Crippen LogP) is 3.08. The number of carbonyl (C=O) groups excluding carboxylic acids is 1. The molecule has 4 heteroatoms. The summed E-state index contributed by atoms with van der Waals surface area (Å²) >= 11 is 0. The first-order chi connectivity index (χ1) is 10.5. The van der Waals surface area contributed by atoms with E-state index in [1.807, 2.05) is 44.2 Å². The van der Waals surface area contributed by atoms with E-state index in [4.69, 9.17) is 0 Å². The first-order valence-corrected chi connectivity index (χ1v) is 7.31. The molecule has 0 unspecified atom stereocenters. The number of hydrogen-bond acceptors (Lipinski definition) is 3. The first kappa shape index (κ1) is 15.9. The van der Waals surface area contributed by atoms with Crippen LogP contribution in [0.4, 0.5) is 0 Å². The Labute approximate surface area is 130 Å². The zero-order valence-corrected chi connectivity index (χ0v) is 12.9. The van der Waals surface area contributed by atoms with Gasteiger partial charge in [0.15, 0.2) is 11.5 Å². The van der Waals surface area contributed by atoms with E-state index in [9.17, 15) is 15.0 Å². The summed E-state index contributed by atoms with van der Waals surface area (Å²) in [5.74, 6) is -0.394. The minimum absolute atomic E-state index is 0.0102. The van der Waals surface area contributed by atoms with Crippen LogP contribution in [-0.4, -0.2) is 27.1 Å². The standard InChI is InChI=1S/C18H21NO3/c1-13(2)19(12-14-6-4-3-5-7-14)18(22)11-15-8-9-16(20)17(21)10-15/h3-10,13,20-21H,11-12H2,1-2H3. The van der Waals surface area contributed by atoms with Crippen LogP contribution in [-0.2, 0) is 17.8 Å².